The van der Waals surface area contributed by atoms with E-state index in [1.165, 1.54) is 31.4 Å². The van der Waals surface area contributed by atoms with Crippen molar-refractivity contribution in [2.75, 3.05) is 20.3 Å². The lowest BCUT2D eigenvalue weighted by Crippen LogP contribution is -2.17. The zero-order chi connectivity index (χ0) is 15.2. The number of rotatable bonds is 7. The van der Waals surface area contributed by atoms with E-state index in [9.17, 15) is 13.8 Å². The predicted octanol–water partition coefficient (Wildman–Crippen LogP) is 3.31. The van der Waals surface area contributed by atoms with Gasteiger partial charge < -0.3 is 13.8 Å². The largest absolute Gasteiger partial charge is 0.468 e. The van der Waals surface area contributed by atoms with Crippen LogP contribution in [0.5, 0.6) is 0 Å². The Bertz CT molecular complexity index is 478. The molecule has 0 fully saturated rings. The van der Waals surface area contributed by atoms with Gasteiger partial charge in [0, 0.05) is 0 Å². The Hall–Kier alpha value is -1.23. The standard InChI is InChI=1S/C13H18FO5P/c1-4-18-20(16,19-5-2)12(13(15)17-3)10-6-8-11(14)9-7-10/h6-9,12H,4-5H2,1-3H3. The number of carbonyl (C=O) groups is 1. The highest BCUT2D eigenvalue weighted by Crippen LogP contribution is 2.61. The van der Waals surface area contributed by atoms with Gasteiger partial charge in [0.25, 0.3) is 0 Å². The van der Waals surface area contributed by atoms with E-state index in [2.05, 4.69) is 4.74 Å². The Morgan fingerprint density at radius 1 is 1.20 bits per heavy atom. The first-order chi connectivity index (χ1) is 9.48. The van der Waals surface area contributed by atoms with Gasteiger partial charge in [-0.25, -0.2) is 4.39 Å². The normalized spacial score (nSPS) is 13.0. The number of ether oxygens (including phenoxy) is 1. The summed E-state index contributed by atoms with van der Waals surface area (Å²) in [7, 11) is -2.55. The summed E-state index contributed by atoms with van der Waals surface area (Å²) in [5, 5.41) is 0. The van der Waals surface area contributed by atoms with Gasteiger partial charge in [0.1, 0.15) is 5.82 Å². The second kappa shape index (κ2) is 7.53. The maximum Gasteiger partial charge on any atom is 0.349 e. The molecule has 5 nitrogen and oxygen atoms in total. The molecule has 0 radical (unpaired) electrons. The Kier molecular flexibility index (Phi) is 6.33. The molecule has 0 amide bonds. The van der Waals surface area contributed by atoms with Gasteiger partial charge in [0.2, 0.25) is 0 Å². The molecule has 0 bridgehead atoms. The number of carbonyl (C=O) groups excluding carboxylic acids is 1. The maximum atomic E-state index is 13.0. The van der Waals surface area contributed by atoms with Crippen molar-refractivity contribution in [1.82, 2.24) is 0 Å². The van der Waals surface area contributed by atoms with Gasteiger partial charge in [-0.2, -0.15) is 0 Å². The molecule has 0 saturated carbocycles. The van der Waals surface area contributed by atoms with Crippen LogP contribution in [0.15, 0.2) is 24.3 Å². The van der Waals surface area contributed by atoms with Crippen molar-refractivity contribution in [3.63, 3.8) is 0 Å². The summed E-state index contributed by atoms with van der Waals surface area (Å²) in [6.07, 6.45) is 0. The lowest BCUT2D eigenvalue weighted by molar-refractivity contribution is -0.140. The predicted molar refractivity (Wildman–Crippen MR) is 72.0 cm³/mol. The SMILES string of the molecule is CCOP(=O)(OCC)C(C(=O)OC)c1ccc(F)cc1. The fraction of sp³-hybridized carbons (Fsp3) is 0.462. The minimum Gasteiger partial charge on any atom is -0.468 e. The molecule has 0 N–H and O–H groups in total. The first-order valence-corrected chi connectivity index (χ1v) is 7.81. The Balaban J connectivity index is 3.26. The summed E-state index contributed by atoms with van der Waals surface area (Å²) in [5.41, 5.74) is -0.906. The number of hydrogen-bond donors (Lipinski definition) is 0. The number of hydrogen-bond acceptors (Lipinski definition) is 5. The van der Waals surface area contributed by atoms with Crippen molar-refractivity contribution in [2.24, 2.45) is 0 Å². The van der Waals surface area contributed by atoms with Crippen molar-refractivity contribution in [3.05, 3.63) is 35.6 Å². The van der Waals surface area contributed by atoms with E-state index in [0.717, 1.165) is 0 Å². The topological polar surface area (TPSA) is 61.8 Å². The van der Waals surface area contributed by atoms with Gasteiger partial charge in [0.05, 0.1) is 20.3 Å². The molecule has 1 aromatic carbocycles. The van der Waals surface area contributed by atoms with Crippen LogP contribution < -0.4 is 0 Å². The fourth-order valence-corrected chi connectivity index (χ4v) is 3.74. The van der Waals surface area contributed by atoms with E-state index in [-0.39, 0.29) is 13.2 Å². The fourth-order valence-electron chi connectivity index (χ4n) is 1.75. The second-order valence-electron chi connectivity index (χ2n) is 3.85. The van der Waals surface area contributed by atoms with E-state index in [4.69, 9.17) is 9.05 Å². The van der Waals surface area contributed by atoms with Crippen LogP contribution in [0.1, 0.15) is 25.1 Å². The third-order valence-electron chi connectivity index (χ3n) is 2.54. The molecule has 0 saturated heterocycles. The Morgan fingerprint density at radius 3 is 2.10 bits per heavy atom. The number of esters is 1. The van der Waals surface area contributed by atoms with Crippen molar-refractivity contribution >= 4 is 13.6 Å². The van der Waals surface area contributed by atoms with Gasteiger partial charge in [-0.3, -0.25) is 9.36 Å². The summed E-state index contributed by atoms with van der Waals surface area (Å²) < 4.78 is 40.8. The number of halogens is 1. The van der Waals surface area contributed by atoms with Crippen LogP contribution in [0.25, 0.3) is 0 Å². The van der Waals surface area contributed by atoms with Gasteiger partial charge in [-0.1, -0.05) is 12.1 Å². The van der Waals surface area contributed by atoms with Crippen molar-refractivity contribution < 1.29 is 27.5 Å². The molecule has 0 aliphatic heterocycles. The summed E-state index contributed by atoms with van der Waals surface area (Å²) in [5.74, 6) is -1.21. The molecule has 7 heteroatoms. The highest BCUT2D eigenvalue weighted by atomic mass is 31.2. The lowest BCUT2D eigenvalue weighted by atomic mass is 10.1. The van der Waals surface area contributed by atoms with Crippen LogP contribution in [0.3, 0.4) is 0 Å². The van der Waals surface area contributed by atoms with E-state index < -0.39 is 25.0 Å². The third kappa shape index (κ3) is 3.88. The Labute approximate surface area is 117 Å². The van der Waals surface area contributed by atoms with E-state index in [1.54, 1.807) is 13.8 Å². The quantitative estimate of drug-likeness (QED) is 0.571. The highest BCUT2D eigenvalue weighted by molar-refractivity contribution is 7.55. The molecule has 0 aliphatic rings. The molecular formula is C13H18FO5P. The summed E-state index contributed by atoms with van der Waals surface area (Å²) in [6.45, 7) is 3.52. The average Bonchev–Trinajstić information content (AvgIpc) is 2.41. The number of benzene rings is 1. The molecule has 0 aromatic heterocycles. The molecule has 1 atom stereocenters. The molecule has 1 unspecified atom stereocenters. The summed E-state index contributed by atoms with van der Waals surface area (Å²) in [4.78, 5) is 11.9. The zero-order valence-corrected chi connectivity index (χ0v) is 12.6. The molecular weight excluding hydrogens is 286 g/mol. The van der Waals surface area contributed by atoms with E-state index >= 15 is 0 Å². The van der Waals surface area contributed by atoms with E-state index in [0.29, 0.717) is 5.56 Å². The van der Waals surface area contributed by atoms with Crippen LogP contribution >= 0.6 is 7.60 Å². The first kappa shape index (κ1) is 16.8. The maximum absolute atomic E-state index is 13.0. The molecule has 20 heavy (non-hydrogen) atoms. The smallest absolute Gasteiger partial charge is 0.349 e. The van der Waals surface area contributed by atoms with Gasteiger partial charge in [-0.05, 0) is 31.5 Å². The van der Waals surface area contributed by atoms with Gasteiger partial charge in [-0.15, -0.1) is 0 Å². The van der Waals surface area contributed by atoms with Crippen LogP contribution in [0.2, 0.25) is 0 Å². The monoisotopic (exact) mass is 304 g/mol. The van der Waals surface area contributed by atoms with Crippen LogP contribution in [-0.4, -0.2) is 26.3 Å². The molecule has 1 rings (SSSR count). The van der Waals surface area contributed by atoms with Crippen LogP contribution in [0, 0.1) is 5.82 Å². The zero-order valence-electron chi connectivity index (χ0n) is 11.7. The minimum atomic E-state index is -3.74. The summed E-state index contributed by atoms with van der Waals surface area (Å²) in [6, 6.07) is 5.07. The lowest BCUT2D eigenvalue weighted by Gasteiger charge is -2.24. The minimum absolute atomic E-state index is 0.117. The second-order valence-corrected chi connectivity index (χ2v) is 5.97. The van der Waals surface area contributed by atoms with Crippen molar-refractivity contribution in [2.45, 2.75) is 19.5 Å². The van der Waals surface area contributed by atoms with Crippen LogP contribution in [0.4, 0.5) is 4.39 Å². The third-order valence-corrected chi connectivity index (χ3v) is 4.92. The molecule has 0 aliphatic carbocycles. The Morgan fingerprint density at radius 2 is 1.70 bits per heavy atom. The van der Waals surface area contributed by atoms with Crippen molar-refractivity contribution in [1.29, 1.82) is 0 Å². The molecule has 0 heterocycles. The number of methoxy groups -OCH3 is 1. The first-order valence-electron chi connectivity index (χ1n) is 6.20. The summed E-state index contributed by atoms with van der Waals surface area (Å²) >= 11 is 0. The average molecular weight is 304 g/mol. The van der Waals surface area contributed by atoms with E-state index in [1.807, 2.05) is 0 Å². The molecule has 0 spiro atoms. The molecule has 1 aromatic rings. The highest BCUT2D eigenvalue weighted by Gasteiger charge is 2.43. The molecule has 112 valence electrons. The van der Waals surface area contributed by atoms with Gasteiger partial charge >= 0.3 is 13.6 Å². The van der Waals surface area contributed by atoms with Crippen LogP contribution in [-0.2, 0) is 23.1 Å². The van der Waals surface area contributed by atoms with Gasteiger partial charge in [0.15, 0.2) is 5.66 Å². The van der Waals surface area contributed by atoms with Crippen molar-refractivity contribution in [3.8, 4) is 0 Å².